The number of hydrogen-bond acceptors (Lipinski definition) is 7. The van der Waals surface area contributed by atoms with Crippen molar-refractivity contribution in [3.05, 3.63) is 36.4 Å². The molecule has 1 heterocycles. The Balaban J connectivity index is 1.97. The molecule has 1 saturated heterocycles. The minimum atomic E-state index is -4.13. The van der Waals surface area contributed by atoms with Crippen molar-refractivity contribution in [3.8, 4) is 5.75 Å². The summed E-state index contributed by atoms with van der Waals surface area (Å²) in [6.45, 7) is 4.35. The van der Waals surface area contributed by atoms with Crippen molar-refractivity contribution in [2.24, 2.45) is 5.92 Å². The predicted octanol–water partition coefficient (Wildman–Crippen LogP) is 3.60. The number of hydrogen-bond donors (Lipinski definition) is 2. The van der Waals surface area contributed by atoms with E-state index in [0.29, 0.717) is 23.7 Å². The van der Waals surface area contributed by atoms with Gasteiger partial charge in [0.05, 0.1) is 28.3 Å². The van der Waals surface area contributed by atoms with E-state index in [1.165, 1.54) is 53.5 Å². The lowest BCUT2D eigenvalue weighted by atomic mass is 10.2. The number of methoxy groups -OCH3 is 1. The molecule has 0 atom stereocenters. The zero-order valence-electron chi connectivity index (χ0n) is 19.5. The second kappa shape index (κ2) is 10.5. The van der Waals surface area contributed by atoms with Gasteiger partial charge in [-0.2, -0.15) is 4.31 Å². The van der Waals surface area contributed by atoms with Gasteiger partial charge in [0.25, 0.3) is 10.0 Å². The molecule has 2 aromatic rings. The summed E-state index contributed by atoms with van der Waals surface area (Å²) >= 11 is 1.37. The number of nitrogens with zero attached hydrogens (tertiary/aromatic N) is 1. The van der Waals surface area contributed by atoms with Gasteiger partial charge in [-0.1, -0.05) is 13.8 Å². The van der Waals surface area contributed by atoms with E-state index in [1.807, 2.05) is 6.26 Å². The maximum Gasteiger partial charge on any atom is 0.262 e. The highest BCUT2D eigenvalue weighted by Crippen LogP contribution is 2.33. The number of anilines is 2. The number of sulfonamides is 2. The number of rotatable bonds is 9. The molecule has 0 unspecified atom stereocenters. The van der Waals surface area contributed by atoms with Gasteiger partial charge in [-0.15, -0.1) is 11.8 Å². The number of carbonyl (C=O) groups is 1. The molecule has 0 radical (unpaired) electrons. The van der Waals surface area contributed by atoms with Crippen molar-refractivity contribution in [3.63, 3.8) is 0 Å². The molecule has 0 aromatic heterocycles. The summed E-state index contributed by atoms with van der Waals surface area (Å²) in [4.78, 5) is 12.8. The van der Waals surface area contributed by atoms with Gasteiger partial charge in [0.1, 0.15) is 5.75 Å². The smallest absolute Gasteiger partial charge is 0.262 e. The molecule has 12 heteroatoms. The minimum absolute atomic E-state index is 0.00415. The van der Waals surface area contributed by atoms with Gasteiger partial charge >= 0.3 is 0 Å². The molecule has 1 amide bonds. The van der Waals surface area contributed by atoms with Gasteiger partial charge in [0.15, 0.2) is 0 Å². The Labute approximate surface area is 205 Å². The molecule has 1 fully saturated rings. The first-order valence-electron chi connectivity index (χ1n) is 10.7. The normalized spacial score (nSPS) is 14.9. The number of benzene rings is 2. The minimum Gasteiger partial charge on any atom is -0.495 e. The fraction of sp³-hybridized carbons (Fsp3) is 0.409. The van der Waals surface area contributed by atoms with Crippen LogP contribution in [0.15, 0.2) is 51.1 Å². The molecule has 1 aliphatic rings. The zero-order valence-corrected chi connectivity index (χ0v) is 21.9. The summed E-state index contributed by atoms with van der Waals surface area (Å²) in [5.41, 5.74) is 0.385. The van der Waals surface area contributed by atoms with E-state index >= 15 is 0 Å². The number of nitrogens with one attached hydrogen (secondary N) is 2. The molecule has 0 aliphatic carbocycles. The summed E-state index contributed by atoms with van der Waals surface area (Å²) in [5.74, 6) is -0.338. The summed E-state index contributed by atoms with van der Waals surface area (Å²) in [6.07, 6.45) is 3.40. The number of thioether (sulfide) groups is 1. The number of amides is 1. The highest BCUT2D eigenvalue weighted by molar-refractivity contribution is 7.98. The van der Waals surface area contributed by atoms with Crippen LogP contribution < -0.4 is 14.8 Å². The zero-order chi connectivity index (χ0) is 25.1. The van der Waals surface area contributed by atoms with Crippen LogP contribution in [0.25, 0.3) is 0 Å². The van der Waals surface area contributed by atoms with Crippen LogP contribution in [0.1, 0.15) is 26.7 Å². The van der Waals surface area contributed by atoms with Crippen LogP contribution in [0.3, 0.4) is 0 Å². The van der Waals surface area contributed by atoms with Gasteiger partial charge in [-0.05, 0) is 55.5 Å². The second-order valence-electron chi connectivity index (χ2n) is 8.08. The first kappa shape index (κ1) is 26.3. The van der Waals surface area contributed by atoms with E-state index < -0.39 is 20.0 Å². The Morgan fingerprint density at radius 2 is 1.62 bits per heavy atom. The highest BCUT2D eigenvalue weighted by Gasteiger charge is 2.28. The highest BCUT2D eigenvalue weighted by atomic mass is 32.2. The summed E-state index contributed by atoms with van der Waals surface area (Å²) in [5, 5.41) is 2.76. The third kappa shape index (κ3) is 5.68. The van der Waals surface area contributed by atoms with E-state index in [4.69, 9.17) is 4.74 Å². The Morgan fingerprint density at radius 3 is 2.21 bits per heavy atom. The lowest BCUT2D eigenvalue weighted by Crippen LogP contribution is -2.28. The standard InChI is InChI=1S/C22H29N3O6S3/c1-15(2)22(26)23-19-13-16(8-10-21(19)32-4)33(27,28)24-18-14-17(7-9-20(18)31-3)34(29,30)25-11-5-6-12-25/h7-10,13-15,24H,5-6,11-12H2,1-4H3,(H,23,26). The Morgan fingerprint density at radius 1 is 1.00 bits per heavy atom. The van der Waals surface area contributed by atoms with Crippen LogP contribution in [-0.2, 0) is 24.8 Å². The summed E-state index contributed by atoms with van der Waals surface area (Å²) < 4.78 is 61.4. The fourth-order valence-corrected chi connectivity index (χ4v) is 6.60. The van der Waals surface area contributed by atoms with E-state index in [1.54, 1.807) is 19.9 Å². The van der Waals surface area contributed by atoms with Crippen LogP contribution in [0.2, 0.25) is 0 Å². The summed E-state index contributed by atoms with van der Waals surface area (Å²) in [7, 11) is -6.51. The molecule has 3 rings (SSSR count). The predicted molar refractivity (Wildman–Crippen MR) is 133 cm³/mol. The second-order valence-corrected chi connectivity index (χ2v) is 12.6. The largest absolute Gasteiger partial charge is 0.495 e. The molecule has 0 saturated carbocycles. The lowest BCUT2D eigenvalue weighted by Gasteiger charge is -2.18. The van der Waals surface area contributed by atoms with Crippen molar-refractivity contribution < 1.29 is 26.4 Å². The Kier molecular flexibility index (Phi) is 8.17. The van der Waals surface area contributed by atoms with Crippen LogP contribution >= 0.6 is 11.8 Å². The van der Waals surface area contributed by atoms with Crippen molar-refractivity contribution in [1.29, 1.82) is 0 Å². The number of carbonyl (C=O) groups excluding carboxylic acids is 1. The maximum absolute atomic E-state index is 13.2. The first-order chi connectivity index (χ1) is 16.0. The average molecular weight is 528 g/mol. The third-order valence-electron chi connectivity index (χ3n) is 5.38. The van der Waals surface area contributed by atoms with E-state index in [2.05, 4.69) is 10.0 Å². The van der Waals surface area contributed by atoms with Gasteiger partial charge in [-0.3, -0.25) is 9.52 Å². The molecule has 0 spiro atoms. The van der Waals surface area contributed by atoms with Crippen molar-refractivity contribution in [2.45, 2.75) is 41.4 Å². The molecular formula is C22H29N3O6S3. The van der Waals surface area contributed by atoms with Gasteiger partial charge in [0.2, 0.25) is 15.9 Å². The van der Waals surface area contributed by atoms with Crippen LogP contribution in [0.4, 0.5) is 11.4 Å². The monoisotopic (exact) mass is 527 g/mol. The van der Waals surface area contributed by atoms with Crippen LogP contribution in [0, 0.1) is 5.92 Å². The van der Waals surface area contributed by atoms with Crippen LogP contribution in [-0.4, -0.2) is 53.5 Å². The molecular weight excluding hydrogens is 498 g/mol. The van der Waals surface area contributed by atoms with Gasteiger partial charge < -0.3 is 10.1 Å². The summed E-state index contributed by atoms with van der Waals surface area (Å²) in [6, 6.07) is 8.51. The number of ether oxygens (including phenoxy) is 1. The molecule has 0 bridgehead atoms. The quantitative estimate of drug-likeness (QED) is 0.478. The molecule has 2 N–H and O–H groups in total. The van der Waals surface area contributed by atoms with Crippen LogP contribution in [0.5, 0.6) is 5.75 Å². The lowest BCUT2D eigenvalue weighted by molar-refractivity contribution is -0.118. The van der Waals surface area contributed by atoms with Crippen molar-refractivity contribution in [2.75, 3.05) is 36.5 Å². The van der Waals surface area contributed by atoms with Crippen molar-refractivity contribution in [1.82, 2.24) is 4.31 Å². The van der Waals surface area contributed by atoms with Crippen molar-refractivity contribution >= 4 is 49.1 Å². The fourth-order valence-electron chi connectivity index (χ4n) is 3.44. The molecule has 34 heavy (non-hydrogen) atoms. The van der Waals surface area contributed by atoms with Gasteiger partial charge in [0, 0.05) is 23.9 Å². The maximum atomic E-state index is 13.2. The average Bonchev–Trinajstić information content (AvgIpc) is 3.34. The van der Waals surface area contributed by atoms with E-state index in [0.717, 1.165) is 12.8 Å². The van der Waals surface area contributed by atoms with E-state index in [-0.39, 0.29) is 33.1 Å². The molecule has 9 nitrogen and oxygen atoms in total. The van der Waals surface area contributed by atoms with Gasteiger partial charge in [-0.25, -0.2) is 16.8 Å². The Hall–Kier alpha value is -2.28. The first-order valence-corrected chi connectivity index (χ1v) is 14.8. The molecule has 2 aromatic carbocycles. The topological polar surface area (TPSA) is 122 Å². The molecule has 186 valence electrons. The van der Waals surface area contributed by atoms with E-state index in [9.17, 15) is 21.6 Å². The third-order valence-corrected chi connectivity index (χ3v) is 9.44. The molecule has 1 aliphatic heterocycles. The SMILES string of the molecule is COc1ccc(S(=O)(=O)N2CCCC2)cc1NS(=O)(=O)c1ccc(SC)c(NC(=O)C(C)C)c1. The Bertz CT molecular complexity index is 1270.